The first kappa shape index (κ1) is 10.9. The zero-order valence-electron chi connectivity index (χ0n) is 10.5. The maximum Gasteiger partial charge on any atom is 0.123 e. The molecule has 0 aromatic heterocycles. The molecule has 1 N–H and O–H groups in total. The van der Waals surface area contributed by atoms with Crippen LogP contribution in [0.2, 0.25) is 0 Å². The van der Waals surface area contributed by atoms with Crippen LogP contribution in [0.1, 0.15) is 23.6 Å². The van der Waals surface area contributed by atoms with E-state index < -0.39 is 0 Å². The molecule has 1 aromatic carbocycles. The zero-order valence-corrected chi connectivity index (χ0v) is 10.5. The van der Waals surface area contributed by atoms with Crippen molar-refractivity contribution in [2.45, 2.75) is 18.9 Å². The maximum absolute atomic E-state index is 13.2. The third-order valence-corrected chi connectivity index (χ3v) is 5.01. The van der Waals surface area contributed by atoms with Gasteiger partial charge in [0.25, 0.3) is 0 Å². The molecule has 2 nitrogen and oxygen atoms in total. The standard InChI is InChI=1S/C15H19FN2/c16-13-2-3-14-10(5-13)1-4-15(14)18-8-11-6-17-7-12(11)9-18/h2-3,5,11-12,15,17H,1,4,6-9H2/t11-,12+,15?. The number of likely N-dealkylation sites (tertiary alicyclic amines) is 1. The van der Waals surface area contributed by atoms with Gasteiger partial charge < -0.3 is 5.32 Å². The van der Waals surface area contributed by atoms with E-state index in [2.05, 4.69) is 10.2 Å². The summed E-state index contributed by atoms with van der Waals surface area (Å²) >= 11 is 0. The van der Waals surface area contributed by atoms with Crippen LogP contribution in [0.15, 0.2) is 18.2 Å². The summed E-state index contributed by atoms with van der Waals surface area (Å²) < 4.78 is 13.2. The Morgan fingerprint density at radius 1 is 1.17 bits per heavy atom. The van der Waals surface area contributed by atoms with Crippen molar-refractivity contribution >= 4 is 0 Å². The largest absolute Gasteiger partial charge is 0.316 e. The van der Waals surface area contributed by atoms with E-state index in [0.717, 1.165) is 18.3 Å². The fourth-order valence-electron chi connectivity index (χ4n) is 4.09. The SMILES string of the molecule is Fc1ccc2c(c1)CCC2N1C[C@H]2CNC[C@H]2C1. The van der Waals surface area contributed by atoms with E-state index >= 15 is 0 Å². The Bertz CT molecular complexity index is 462. The molecular weight excluding hydrogens is 227 g/mol. The van der Waals surface area contributed by atoms with E-state index in [1.807, 2.05) is 6.07 Å². The number of aryl methyl sites for hydroxylation is 1. The second kappa shape index (κ2) is 4.04. The highest BCUT2D eigenvalue weighted by Gasteiger charge is 2.40. The predicted octanol–water partition coefficient (Wildman–Crippen LogP) is 1.96. The molecule has 1 aromatic rings. The Labute approximate surface area is 107 Å². The number of benzene rings is 1. The Morgan fingerprint density at radius 3 is 2.72 bits per heavy atom. The quantitative estimate of drug-likeness (QED) is 0.815. The number of nitrogens with one attached hydrogen (secondary N) is 1. The molecule has 2 aliphatic heterocycles. The summed E-state index contributed by atoms with van der Waals surface area (Å²) in [4.78, 5) is 2.64. The molecule has 3 heteroatoms. The van der Waals surface area contributed by atoms with E-state index in [-0.39, 0.29) is 5.82 Å². The first-order valence-electron chi connectivity index (χ1n) is 7.04. The Kier molecular flexibility index (Phi) is 2.45. The van der Waals surface area contributed by atoms with Crippen molar-refractivity contribution in [3.05, 3.63) is 35.1 Å². The summed E-state index contributed by atoms with van der Waals surface area (Å²) in [5.41, 5.74) is 2.61. The summed E-state index contributed by atoms with van der Waals surface area (Å²) in [6.07, 6.45) is 2.22. The van der Waals surface area contributed by atoms with E-state index in [4.69, 9.17) is 0 Å². The molecule has 3 atom stereocenters. The number of hydrogen-bond acceptors (Lipinski definition) is 2. The van der Waals surface area contributed by atoms with Crippen molar-refractivity contribution in [2.75, 3.05) is 26.2 Å². The summed E-state index contributed by atoms with van der Waals surface area (Å²) in [6.45, 7) is 4.81. The zero-order chi connectivity index (χ0) is 12.1. The van der Waals surface area contributed by atoms with Crippen LogP contribution in [-0.4, -0.2) is 31.1 Å². The molecule has 1 aliphatic carbocycles. The lowest BCUT2D eigenvalue weighted by atomic mass is 10.0. The molecule has 1 unspecified atom stereocenters. The van der Waals surface area contributed by atoms with Gasteiger partial charge in [0.2, 0.25) is 0 Å². The van der Waals surface area contributed by atoms with Gasteiger partial charge in [-0.25, -0.2) is 4.39 Å². The third-order valence-electron chi connectivity index (χ3n) is 5.01. The van der Waals surface area contributed by atoms with Gasteiger partial charge in [0.15, 0.2) is 0 Å². The molecule has 96 valence electrons. The molecule has 0 amide bonds. The van der Waals surface area contributed by atoms with Gasteiger partial charge in [0.1, 0.15) is 5.82 Å². The van der Waals surface area contributed by atoms with Crippen LogP contribution in [0.5, 0.6) is 0 Å². The van der Waals surface area contributed by atoms with Crippen LogP contribution >= 0.6 is 0 Å². The molecular formula is C15H19FN2. The topological polar surface area (TPSA) is 15.3 Å². The van der Waals surface area contributed by atoms with Gasteiger partial charge in [-0.15, -0.1) is 0 Å². The van der Waals surface area contributed by atoms with Crippen LogP contribution in [0.25, 0.3) is 0 Å². The van der Waals surface area contributed by atoms with Gasteiger partial charge in [0, 0.05) is 19.1 Å². The Morgan fingerprint density at radius 2 is 1.94 bits per heavy atom. The van der Waals surface area contributed by atoms with Crippen LogP contribution in [-0.2, 0) is 6.42 Å². The molecule has 4 rings (SSSR count). The lowest BCUT2D eigenvalue weighted by Crippen LogP contribution is -2.28. The highest BCUT2D eigenvalue weighted by Crippen LogP contribution is 2.40. The van der Waals surface area contributed by atoms with Crippen LogP contribution in [0, 0.1) is 17.7 Å². The number of fused-ring (bicyclic) bond motifs is 2. The minimum absolute atomic E-state index is 0.0862. The minimum Gasteiger partial charge on any atom is -0.316 e. The summed E-state index contributed by atoms with van der Waals surface area (Å²) in [5, 5.41) is 3.49. The Hall–Kier alpha value is -0.930. The highest BCUT2D eigenvalue weighted by atomic mass is 19.1. The maximum atomic E-state index is 13.2. The average Bonchev–Trinajstić information content (AvgIpc) is 2.98. The van der Waals surface area contributed by atoms with Gasteiger partial charge >= 0.3 is 0 Å². The number of rotatable bonds is 1. The number of nitrogens with zero attached hydrogens (tertiary/aromatic N) is 1. The molecule has 0 spiro atoms. The summed E-state index contributed by atoms with van der Waals surface area (Å²) in [6, 6.07) is 5.91. The van der Waals surface area contributed by atoms with Crippen molar-refractivity contribution in [1.29, 1.82) is 0 Å². The van der Waals surface area contributed by atoms with E-state index in [0.29, 0.717) is 6.04 Å². The Balaban J connectivity index is 1.58. The molecule has 18 heavy (non-hydrogen) atoms. The van der Waals surface area contributed by atoms with Gasteiger partial charge in [-0.2, -0.15) is 0 Å². The molecule has 0 bridgehead atoms. The van der Waals surface area contributed by atoms with Crippen molar-refractivity contribution in [1.82, 2.24) is 10.2 Å². The van der Waals surface area contributed by atoms with E-state index in [1.54, 1.807) is 12.1 Å². The average molecular weight is 246 g/mol. The van der Waals surface area contributed by atoms with Gasteiger partial charge in [-0.3, -0.25) is 4.90 Å². The number of halogens is 1. The first-order chi connectivity index (χ1) is 8.81. The fraction of sp³-hybridized carbons (Fsp3) is 0.600. The summed E-state index contributed by atoms with van der Waals surface area (Å²) in [7, 11) is 0. The van der Waals surface area contributed by atoms with Crippen LogP contribution < -0.4 is 5.32 Å². The molecule has 0 radical (unpaired) electrons. The predicted molar refractivity (Wildman–Crippen MR) is 68.9 cm³/mol. The summed E-state index contributed by atoms with van der Waals surface area (Å²) in [5.74, 6) is 1.60. The van der Waals surface area contributed by atoms with Crippen LogP contribution in [0.3, 0.4) is 0 Å². The van der Waals surface area contributed by atoms with Crippen molar-refractivity contribution in [3.8, 4) is 0 Å². The van der Waals surface area contributed by atoms with Crippen LogP contribution in [0.4, 0.5) is 4.39 Å². The minimum atomic E-state index is -0.0862. The second-order valence-electron chi connectivity index (χ2n) is 6.03. The highest BCUT2D eigenvalue weighted by molar-refractivity contribution is 5.35. The lowest BCUT2D eigenvalue weighted by Gasteiger charge is -2.25. The first-order valence-corrected chi connectivity index (χ1v) is 7.04. The van der Waals surface area contributed by atoms with Gasteiger partial charge in [-0.1, -0.05) is 6.07 Å². The van der Waals surface area contributed by atoms with Gasteiger partial charge in [0.05, 0.1) is 0 Å². The van der Waals surface area contributed by atoms with E-state index in [1.165, 1.54) is 43.7 Å². The smallest absolute Gasteiger partial charge is 0.123 e. The van der Waals surface area contributed by atoms with E-state index in [9.17, 15) is 4.39 Å². The lowest BCUT2D eigenvalue weighted by molar-refractivity contribution is 0.228. The molecule has 2 heterocycles. The fourth-order valence-corrected chi connectivity index (χ4v) is 4.09. The molecule has 2 fully saturated rings. The molecule has 3 aliphatic rings. The molecule has 2 saturated heterocycles. The monoisotopic (exact) mass is 246 g/mol. The normalized spacial score (nSPS) is 34.8. The van der Waals surface area contributed by atoms with Gasteiger partial charge in [-0.05, 0) is 61.0 Å². The third kappa shape index (κ3) is 1.61. The molecule has 0 saturated carbocycles. The number of hydrogen-bond donors (Lipinski definition) is 1. The van der Waals surface area contributed by atoms with Crippen molar-refractivity contribution < 1.29 is 4.39 Å². The van der Waals surface area contributed by atoms with Crippen molar-refractivity contribution in [2.24, 2.45) is 11.8 Å². The van der Waals surface area contributed by atoms with Crippen molar-refractivity contribution in [3.63, 3.8) is 0 Å². The second-order valence-corrected chi connectivity index (χ2v) is 6.03.